The van der Waals surface area contributed by atoms with Gasteiger partial charge in [0, 0.05) is 16.9 Å². The van der Waals surface area contributed by atoms with Crippen molar-refractivity contribution in [3.05, 3.63) is 17.3 Å². The van der Waals surface area contributed by atoms with E-state index in [1.54, 1.807) is 0 Å². The van der Waals surface area contributed by atoms with Gasteiger partial charge < -0.3 is 15.9 Å². The van der Waals surface area contributed by atoms with Gasteiger partial charge in [-0.15, -0.1) is 15.2 Å². The Labute approximate surface area is 171 Å². The van der Waals surface area contributed by atoms with E-state index in [1.165, 1.54) is 5.01 Å². The molecule has 2 aromatic rings. The minimum Gasteiger partial charge on any atom is -0.479 e. The monoisotopic (exact) mass is 420 g/mol. The molecule has 0 amide bonds. The second-order valence-electron chi connectivity index (χ2n) is 8.62. The largest absolute Gasteiger partial charge is 0.479 e. The molecule has 0 aliphatic carbocycles. The van der Waals surface area contributed by atoms with Gasteiger partial charge in [0.05, 0.1) is 6.04 Å². The lowest BCUT2D eigenvalue weighted by molar-refractivity contribution is 0.311. The second-order valence-corrected chi connectivity index (χ2v) is 9.35. The molecule has 0 spiro atoms. The van der Waals surface area contributed by atoms with Crippen LogP contribution in [0, 0.1) is 5.41 Å². The highest BCUT2D eigenvalue weighted by Crippen LogP contribution is 2.35. The number of rotatable bonds is 3. The third kappa shape index (κ3) is 4.40. The van der Waals surface area contributed by atoms with Crippen LogP contribution in [-0.2, 0) is 5.41 Å². The summed E-state index contributed by atoms with van der Waals surface area (Å²) in [7, 11) is 0. The number of hydrogen-bond donors (Lipinski definition) is 4. The predicted octanol–water partition coefficient (Wildman–Crippen LogP) is 2.08. The normalized spacial score (nSPS) is 18.3. The zero-order valence-electron chi connectivity index (χ0n) is 17.0. The SMILES string of the molecule is CC(C)(C)c1nsc(N=NC2=C(N)N(c3nc(O)nc(O)n3)NC2C(C)(C)C)n1. The summed E-state index contributed by atoms with van der Waals surface area (Å²) in [6.45, 7) is 12.1. The van der Waals surface area contributed by atoms with Crippen LogP contribution in [-0.4, -0.2) is 40.6 Å². The van der Waals surface area contributed by atoms with Crippen molar-refractivity contribution in [3.63, 3.8) is 0 Å². The van der Waals surface area contributed by atoms with E-state index in [4.69, 9.17) is 5.73 Å². The molecule has 1 unspecified atom stereocenters. The average molecular weight is 421 g/mol. The van der Waals surface area contributed by atoms with E-state index in [0.29, 0.717) is 16.7 Å². The van der Waals surface area contributed by atoms with Gasteiger partial charge in [-0.2, -0.15) is 19.3 Å². The molecule has 156 valence electrons. The van der Waals surface area contributed by atoms with Gasteiger partial charge in [0.2, 0.25) is 5.13 Å². The van der Waals surface area contributed by atoms with Crippen molar-refractivity contribution in [1.29, 1.82) is 0 Å². The minimum atomic E-state index is -0.631. The summed E-state index contributed by atoms with van der Waals surface area (Å²) in [6.07, 6.45) is 0. The molecule has 3 heterocycles. The molecule has 29 heavy (non-hydrogen) atoms. The Morgan fingerprint density at radius 2 is 1.62 bits per heavy atom. The Balaban J connectivity index is 1.98. The fraction of sp³-hybridized carbons (Fsp3) is 0.562. The smallest absolute Gasteiger partial charge is 0.321 e. The molecule has 0 fully saturated rings. The van der Waals surface area contributed by atoms with Gasteiger partial charge in [-0.3, -0.25) is 0 Å². The van der Waals surface area contributed by atoms with E-state index < -0.39 is 12.0 Å². The van der Waals surface area contributed by atoms with Crippen molar-refractivity contribution in [2.45, 2.75) is 53.0 Å². The predicted molar refractivity (Wildman–Crippen MR) is 106 cm³/mol. The van der Waals surface area contributed by atoms with Gasteiger partial charge in [0.25, 0.3) is 5.95 Å². The quantitative estimate of drug-likeness (QED) is 0.539. The first-order valence-electron chi connectivity index (χ1n) is 8.82. The van der Waals surface area contributed by atoms with Crippen LogP contribution >= 0.6 is 11.5 Å². The Hall–Kier alpha value is -2.93. The van der Waals surface area contributed by atoms with Gasteiger partial charge in [0.15, 0.2) is 0 Å². The molecule has 3 rings (SSSR count). The first-order chi connectivity index (χ1) is 13.4. The molecule has 1 atom stereocenters. The number of aromatic nitrogens is 5. The van der Waals surface area contributed by atoms with E-state index in [9.17, 15) is 10.2 Å². The summed E-state index contributed by atoms with van der Waals surface area (Å²) in [5.41, 5.74) is 9.37. The lowest BCUT2D eigenvalue weighted by atomic mass is 9.86. The van der Waals surface area contributed by atoms with Crippen LogP contribution in [0.1, 0.15) is 47.4 Å². The van der Waals surface area contributed by atoms with Crippen LogP contribution in [0.25, 0.3) is 0 Å². The summed E-state index contributed by atoms with van der Waals surface area (Å²) in [4.78, 5) is 15.3. The maximum absolute atomic E-state index is 9.56. The summed E-state index contributed by atoms with van der Waals surface area (Å²) < 4.78 is 4.32. The van der Waals surface area contributed by atoms with E-state index in [0.717, 1.165) is 11.5 Å². The van der Waals surface area contributed by atoms with Crippen molar-refractivity contribution in [2.75, 3.05) is 5.01 Å². The zero-order valence-corrected chi connectivity index (χ0v) is 17.9. The zero-order chi connectivity index (χ0) is 21.6. The lowest BCUT2D eigenvalue weighted by Crippen LogP contribution is -2.45. The molecule has 12 nitrogen and oxygen atoms in total. The highest BCUT2D eigenvalue weighted by atomic mass is 32.1. The molecular formula is C16H24N10O2S. The molecule has 0 saturated heterocycles. The molecule has 0 bridgehead atoms. The fourth-order valence-electron chi connectivity index (χ4n) is 2.50. The molecular weight excluding hydrogens is 396 g/mol. The molecule has 0 radical (unpaired) electrons. The molecule has 0 saturated carbocycles. The van der Waals surface area contributed by atoms with Crippen molar-refractivity contribution >= 4 is 22.6 Å². The standard InChI is InChI=1S/C16H24N10O2S/c1-15(2,3)8-7(22-23-14-18-10(25-29-14)16(4,5)6)9(17)26(24-8)11-19-12(27)21-13(28)20-11/h8,24H,17H2,1-6H3,(H2,19,20,21,27,28). The Morgan fingerprint density at radius 1 is 1.00 bits per heavy atom. The Morgan fingerprint density at radius 3 is 2.14 bits per heavy atom. The molecule has 1 aliphatic rings. The second kappa shape index (κ2) is 7.15. The topological polar surface area (TPSA) is 171 Å². The van der Waals surface area contributed by atoms with Crippen molar-refractivity contribution < 1.29 is 10.2 Å². The van der Waals surface area contributed by atoms with Crippen molar-refractivity contribution in [1.82, 2.24) is 29.7 Å². The van der Waals surface area contributed by atoms with Gasteiger partial charge in [-0.05, 0) is 5.41 Å². The number of nitrogens with two attached hydrogens (primary N) is 1. The number of hydrazine groups is 1. The number of nitrogens with one attached hydrogen (secondary N) is 1. The van der Waals surface area contributed by atoms with Crippen molar-refractivity contribution in [3.8, 4) is 12.0 Å². The molecule has 5 N–H and O–H groups in total. The molecule has 2 aromatic heterocycles. The fourth-order valence-corrected chi connectivity index (χ4v) is 3.19. The average Bonchev–Trinajstić information content (AvgIpc) is 3.16. The highest BCUT2D eigenvalue weighted by Gasteiger charge is 2.40. The van der Waals surface area contributed by atoms with Gasteiger partial charge >= 0.3 is 12.0 Å². The lowest BCUT2D eigenvalue weighted by Gasteiger charge is -2.28. The van der Waals surface area contributed by atoms with E-state index in [1.807, 2.05) is 41.5 Å². The third-order valence-electron chi connectivity index (χ3n) is 4.03. The summed E-state index contributed by atoms with van der Waals surface area (Å²) in [6, 6.07) is -1.61. The van der Waals surface area contributed by atoms with Gasteiger partial charge in [-0.25, -0.2) is 10.4 Å². The van der Waals surface area contributed by atoms with E-state index >= 15 is 0 Å². The van der Waals surface area contributed by atoms with Gasteiger partial charge in [-0.1, -0.05) is 41.5 Å². The van der Waals surface area contributed by atoms with Crippen LogP contribution in [0.5, 0.6) is 12.0 Å². The van der Waals surface area contributed by atoms with Crippen LogP contribution in [0.4, 0.5) is 11.1 Å². The minimum absolute atomic E-state index is 0.0714. The summed E-state index contributed by atoms with van der Waals surface area (Å²) >= 11 is 1.15. The highest BCUT2D eigenvalue weighted by molar-refractivity contribution is 7.09. The van der Waals surface area contributed by atoms with Crippen LogP contribution in [0.3, 0.4) is 0 Å². The first kappa shape index (κ1) is 20.8. The van der Waals surface area contributed by atoms with Gasteiger partial charge in [0.1, 0.15) is 17.3 Å². The number of azo groups is 1. The maximum Gasteiger partial charge on any atom is 0.321 e. The number of nitrogens with zero attached hydrogens (tertiary/aromatic N) is 8. The third-order valence-corrected chi connectivity index (χ3v) is 4.63. The summed E-state index contributed by atoms with van der Waals surface area (Å²) in [5.74, 6) is 0.796. The summed E-state index contributed by atoms with van der Waals surface area (Å²) in [5, 5.41) is 29.4. The number of anilines is 1. The van der Waals surface area contributed by atoms with Crippen LogP contribution < -0.4 is 16.2 Å². The maximum atomic E-state index is 9.56. The van der Waals surface area contributed by atoms with Crippen molar-refractivity contribution in [2.24, 2.45) is 21.4 Å². The Kier molecular flexibility index (Phi) is 5.13. The number of aromatic hydroxyl groups is 2. The molecule has 1 aliphatic heterocycles. The molecule has 13 heteroatoms. The van der Waals surface area contributed by atoms with E-state index in [2.05, 4.69) is 40.0 Å². The van der Waals surface area contributed by atoms with E-state index in [-0.39, 0.29) is 28.6 Å². The number of hydrogen-bond acceptors (Lipinski definition) is 13. The van der Waals surface area contributed by atoms with Crippen LogP contribution in [0.15, 0.2) is 21.7 Å². The first-order valence-corrected chi connectivity index (χ1v) is 9.59. The Bertz CT molecular complexity index is 953. The van der Waals surface area contributed by atoms with Crippen LogP contribution in [0.2, 0.25) is 0 Å². The molecule has 0 aromatic carbocycles.